The van der Waals surface area contributed by atoms with Gasteiger partial charge in [0.15, 0.2) is 0 Å². The average molecular weight is 426 g/mol. The normalized spacial score (nSPS) is 10.7. The summed E-state index contributed by atoms with van der Waals surface area (Å²) in [5.74, 6) is -1.87. The molecule has 0 heterocycles. The van der Waals surface area contributed by atoms with E-state index in [1.165, 1.54) is 30.3 Å². The summed E-state index contributed by atoms with van der Waals surface area (Å²) in [5.41, 5.74) is 2.33. The maximum Gasteiger partial charge on any atom is 0.343 e. The van der Waals surface area contributed by atoms with Crippen molar-refractivity contribution in [3.8, 4) is 11.8 Å². The van der Waals surface area contributed by atoms with Gasteiger partial charge in [-0.05, 0) is 67.1 Å². The number of carbonyl (C=O) groups excluding carboxylic acids is 2. The number of carbonyl (C=O) groups is 3. The third-order valence-electron chi connectivity index (χ3n) is 4.44. The van der Waals surface area contributed by atoms with E-state index in [2.05, 4.69) is 5.32 Å². The Morgan fingerprint density at radius 2 is 1.50 bits per heavy atom. The lowest BCUT2D eigenvalue weighted by Crippen LogP contribution is -2.13. The van der Waals surface area contributed by atoms with Crippen molar-refractivity contribution in [1.29, 1.82) is 5.26 Å². The molecule has 0 atom stereocenters. The van der Waals surface area contributed by atoms with Gasteiger partial charge >= 0.3 is 11.9 Å². The van der Waals surface area contributed by atoms with Crippen LogP contribution in [0.4, 0.5) is 5.69 Å². The topological polar surface area (TPSA) is 116 Å². The highest BCUT2D eigenvalue weighted by Gasteiger charge is 2.11. The number of amides is 1. The van der Waals surface area contributed by atoms with Crippen LogP contribution in [0, 0.1) is 18.3 Å². The number of benzene rings is 3. The van der Waals surface area contributed by atoms with Crippen molar-refractivity contribution in [3.63, 3.8) is 0 Å². The molecular formula is C25H18N2O5. The Morgan fingerprint density at radius 1 is 0.906 bits per heavy atom. The summed E-state index contributed by atoms with van der Waals surface area (Å²) in [4.78, 5) is 35.5. The van der Waals surface area contributed by atoms with Gasteiger partial charge in [-0.15, -0.1) is 0 Å². The van der Waals surface area contributed by atoms with Gasteiger partial charge in [0.2, 0.25) is 0 Å². The lowest BCUT2D eigenvalue weighted by molar-refractivity contribution is -0.112. The van der Waals surface area contributed by atoms with E-state index in [4.69, 9.17) is 9.84 Å². The van der Waals surface area contributed by atoms with Gasteiger partial charge in [0.25, 0.3) is 5.91 Å². The number of anilines is 1. The summed E-state index contributed by atoms with van der Waals surface area (Å²) in [6, 6.07) is 20.8. The predicted molar refractivity (Wildman–Crippen MR) is 118 cm³/mol. The van der Waals surface area contributed by atoms with Gasteiger partial charge in [-0.3, -0.25) is 4.79 Å². The molecule has 1 amide bonds. The first-order valence-corrected chi connectivity index (χ1v) is 9.51. The number of hydrogen-bond acceptors (Lipinski definition) is 5. The minimum Gasteiger partial charge on any atom is -0.478 e. The van der Waals surface area contributed by atoms with Gasteiger partial charge in [-0.25, -0.2) is 9.59 Å². The summed E-state index contributed by atoms with van der Waals surface area (Å²) in [6.45, 7) is 1.92. The number of ether oxygens (including phenoxy) is 1. The highest BCUT2D eigenvalue weighted by atomic mass is 16.5. The van der Waals surface area contributed by atoms with Crippen LogP contribution >= 0.6 is 0 Å². The number of carboxylic acids is 1. The summed E-state index contributed by atoms with van der Waals surface area (Å²) in [7, 11) is 0. The zero-order valence-corrected chi connectivity index (χ0v) is 17.0. The van der Waals surface area contributed by atoms with Crippen LogP contribution in [0.15, 0.2) is 78.4 Å². The summed E-state index contributed by atoms with van der Waals surface area (Å²) in [6.07, 6.45) is 1.40. The van der Waals surface area contributed by atoms with Gasteiger partial charge < -0.3 is 15.2 Å². The molecule has 0 spiro atoms. The van der Waals surface area contributed by atoms with Gasteiger partial charge in [0.05, 0.1) is 11.1 Å². The number of nitrogens with zero attached hydrogens (tertiary/aromatic N) is 1. The molecule has 7 heteroatoms. The quantitative estimate of drug-likeness (QED) is 0.260. The van der Waals surface area contributed by atoms with Gasteiger partial charge in [-0.1, -0.05) is 29.8 Å². The van der Waals surface area contributed by atoms with Crippen LogP contribution in [0.3, 0.4) is 0 Å². The Balaban J connectivity index is 1.67. The van der Waals surface area contributed by atoms with Gasteiger partial charge in [-0.2, -0.15) is 5.26 Å². The van der Waals surface area contributed by atoms with Crippen LogP contribution in [0.25, 0.3) is 6.08 Å². The smallest absolute Gasteiger partial charge is 0.343 e. The molecule has 158 valence electrons. The zero-order valence-electron chi connectivity index (χ0n) is 17.0. The van der Waals surface area contributed by atoms with Crippen molar-refractivity contribution in [3.05, 3.63) is 101 Å². The second-order valence-corrected chi connectivity index (χ2v) is 6.83. The molecule has 0 radical (unpaired) electrons. The number of carboxylic acid groups (broad SMARTS) is 1. The Hall–Kier alpha value is -4.70. The molecule has 0 unspecified atom stereocenters. The predicted octanol–water partition coefficient (Wildman–Crippen LogP) is 4.46. The summed E-state index contributed by atoms with van der Waals surface area (Å²) >= 11 is 0. The zero-order chi connectivity index (χ0) is 23.1. The van der Waals surface area contributed by atoms with Crippen LogP contribution < -0.4 is 10.1 Å². The summed E-state index contributed by atoms with van der Waals surface area (Å²) in [5, 5.41) is 20.8. The monoisotopic (exact) mass is 426 g/mol. The first-order valence-electron chi connectivity index (χ1n) is 9.51. The fraction of sp³-hybridized carbons (Fsp3) is 0.0400. The first-order chi connectivity index (χ1) is 15.4. The van der Waals surface area contributed by atoms with E-state index in [0.29, 0.717) is 22.6 Å². The maximum atomic E-state index is 12.4. The average Bonchev–Trinajstić information content (AvgIpc) is 2.79. The number of aromatic carboxylic acids is 1. The van der Waals surface area contributed by atoms with E-state index in [0.717, 1.165) is 5.56 Å². The van der Waals surface area contributed by atoms with Crippen molar-refractivity contribution in [2.75, 3.05) is 5.32 Å². The van der Waals surface area contributed by atoms with Gasteiger partial charge in [0.1, 0.15) is 17.4 Å². The fourth-order valence-corrected chi connectivity index (χ4v) is 2.70. The molecule has 0 aliphatic carbocycles. The Kier molecular flexibility index (Phi) is 6.78. The molecule has 2 N–H and O–H groups in total. The lowest BCUT2D eigenvalue weighted by Gasteiger charge is -2.06. The number of esters is 1. The number of hydrogen-bond donors (Lipinski definition) is 2. The summed E-state index contributed by atoms with van der Waals surface area (Å²) < 4.78 is 5.33. The van der Waals surface area contributed by atoms with E-state index in [1.807, 2.05) is 25.1 Å². The molecule has 7 nitrogen and oxygen atoms in total. The Bertz CT molecular complexity index is 1220. The van der Waals surface area contributed by atoms with Crippen LogP contribution in [-0.2, 0) is 4.79 Å². The van der Waals surface area contributed by atoms with Crippen LogP contribution in [0.5, 0.6) is 5.75 Å². The first kappa shape index (κ1) is 22.0. The van der Waals surface area contributed by atoms with E-state index in [1.54, 1.807) is 36.4 Å². The maximum absolute atomic E-state index is 12.4. The molecular weight excluding hydrogens is 408 g/mol. The third kappa shape index (κ3) is 5.68. The Labute approximate surface area is 184 Å². The van der Waals surface area contributed by atoms with E-state index in [9.17, 15) is 19.6 Å². The number of aryl methyl sites for hydroxylation is 1. The largest absolute Gasteiger partial charge is 0.478 e. The number of nitriles is 1. The minimum absolute atomic E-state index is 0.0854. The molecule has 0 bridgehead atoms. The van der Waals surface area contributed by atoms with Crippen LogP contribution in [0.1, 0.15) is 31.8 Å². The molecule has 0 saturated carbocycles. The van der Waals surface area contributed by atoms with Gasteiger partial charge in [0, 0.05) is 5.69 Å². The highest BCUT2D eigenvalue weighted by Crippen LogP contribution is 2.17. The molecule has 0 aliphatic rings. The van der Waals surface area contributed by atoms with E-state index < -0.39 is 17.8 Å². The molecule has 0 fully saturated rings. The van der Waals surface area contributed by atoms with Crippen molar-refractivity contribution in [2.45, 2.75) is 6.92 Å². The molecule has 3 rings (SSSR count). The molecule has 0 saturated heterocycles. The fourth-order valence-electron chi connectivity index (χ4n) is 2.70. The van der Waals surface area contributed by atoms with Crippen molar-refractivity contribution in [1.82, 2.24) is 0 Å². The molecule has 3 aromatic carbocycles. The van der Waals surface area contributed by atoms with Crippen LogP contribution in [-0.4, -0.2) is 23.0 Å². The standard InChI is InChI=1S/C25H18N2O5/c1-16-2-6-19(7-3-16)25(31)32-22-12-4-17(5-13-22)14-20(15-26)23(28)27-21-10-8-18(9-11-21)24(29)30/h2-14H,1H3,(H,27,28)(H,29,30)/b20-14+. The second kappa shape index (κ2) is 9.87. The number of rotatable bonds is 6. The Morgan fingerprint density at radius 3 is 2.06 bits per heavy atom. The van der Waals surface area contributed by atoms with Crippen molar-refractivity contribution in [2.24, 2.45) is 0 Å². The second-order valence-electron chi connectivity index (χ2n) is 6.83. The van der Waals surface area contributed by atoms with E-state index in [-0.39, 0.29) is 11.1 Å². The molecule has 32 heavy (non-hydrogen) atoms. The molecule has 3 aromatic rings. The molecule has 0 aromatic heterocycles. The van der Waals surface area contributed by atoms with Crippen molar-refractivity contribution < 1.29 is 24.2 Å². The lowest BCUT2D eigenvalue weighted by atomic mass is 10.1. The third-order valence-corrected chi connectivity index (χ3v) is 4.44. The van der Waals surface area contributed by atoms with Crippen LogP contribution in [0.2, 0.25) is 0 Å². The van der Waals surface area contributed by atoms with Crippen molar-refractivity contribution >= 4 is 29.6 Å². The highest BCUT2D eigenvalue weighted by molar-refractivity contribution is 6.09. The SMILES string of the molecule is Cc1ccc(C(=O)Oc2ccc(/C=C(\C#N)C(=O)Nc3ccc(C(=O)O)cc3)cc2)cc1. The van der Waals surface area contributed by atoms with E-state index >= 15 is 0 Å². The number of nitrogens with one attached hydrogen (secondary N) is 1. The molecule has 0 aliphatic heterocycles. The minimum atomic E-state index is -1.08.